The van der Waals surface area contributed by atoms with E-state index in [-0.39, 0.29) is 0 Å². The maximum absolute atomic E-state index is 6.29. The van der Waals surface area contributed by atoms with Gasteiger partial charge in [0.15, 0.2) is 0 Å². The van der Waals surface area contributed by atoms with Gasteiger partial charge < -0.3 is 4.74 Å². The van der Waals surface area contributed by atoms with Crippen LogP contribution in [0.25, 0.3) is 0 Å². The third-order valence-electron chi connectivity index (χ3n) is 11.8. The second kappa shape index (κ2) is 6.85. The molecule has 0 unspecified atom stereocenters. The molecule has 0 amide bonds. The number of rotatable bonds is 5. The molecule has 0 aromatic rings. The molecule has 0 heterocycles. The van der Waals surface area contributed by atoms with E-state index in [1.165, 1.54) is 69.8 Å². The van der Waals surface area contributed by atoms with E-state index in [1.54, 1.807) is 0 Å². The van der Waals surface area contributed by atoms with Crippen LogP contribution < -0.4 is 0 Å². The summed E-state index contributed by atoms with van der Waals surface area (Å²) in [4.78, 5) is 0. The van der Waals surface area contributed by atoms with Gasteiger partial charge in [0.05, 0.1) is 6.10 Å². The molecule has 0 aromatic carbocycles. The topological polar surface area (TPSA) is 9.23 Å². The number of hydrogen-bond donors (Lipinski definition) is 0. The van der Waals surface area contributed by atoms with Crippen LogP contribution in [-0.2, 0) is 4.74 Å². The van der Waals surface area contributed by atoms with E-state index in [2.05, 4.69) is 40.7 Å². The fourth-order valence-corrected chi connectivity index (χ4v) is 10.4. The smallest absolute Gasteiger partial charge is 0.0638 e. The van der Waals surface area contributed by atoms with Crippen molar-refractivity contribution in [3.63, 3.8) is 0 Å². The van der Waals surface area contributed by atoms with E-state index in [4.69, 9.17) is 4.74 Å². The molecule has 0 bridgehead atoms. The van der Waals surface area contributed by atoms with Gasteiger partial charge in [-0.2, -0.15) is 0 Å². The lowest BCUT2D eigenvalue weighted by atomic mass is 9.45. The minimum atomic E-state index is 0.553. The highest BCUT2D eigenvalue weighted by molar-refractivity contribution is 5.26. The van der Waals surface area contributed by atoms with Crippen LogP contribution in [0.15, 0.2) is 11.6 Å². The molecule has 5 rings (SSSR count). The van der Waals surface area contributed by atoms with Crippen LogP contribution >= 0.6 is 0 Å². The summed E-state index contributed by atoms with van der Waals surface area (Å²) < 4.78 is 6.29. The molecule has 5 aliphatic rings. The molecule has 5 fully saturated rings. The Bertz CT molecular complexity index is 676. The van der Waals surface area contributed by atoms with E-state index >= 15 is 0 Å². The van der Waals surface area contributed by atoms with E-state index in [0.717, 1.165) is 35.5 Å². The van der Waals surface area contributed by atoms with Crippen LogP contribution in [0.2, 0.25) is 0 Å². The molecule has 0 radical (unpaired) electrons. The highest BCUT2D eigenvalue weighted by Crippen LogP contribution is 2.82. The minimum Gasteiger partial charge on any atom is -0.381 e. The summed E-state index contributed by atoms with van der Waals surface area (Å²) in [5.41, 5.74) is 3.23. The molecular weight excluding hydrogens is 352 g/mol. The Morgan fingerprint density at radius 3 is 2.55 bits per heavy atom. The molecule has 1 spiro atoms. The Hall–Kier alpha value is -0.300. The van der Waals surface area contributed by atoms with Crippen LogP contribution in [0.4, 0.5) is 0 Å². The lowest BCUT2D eigenvalue weighted by Gasteiger charge is -2.61. The first kappa shape index (κ1) is 20.6. The monoisotopic (exact) mass is 398 g/mol. The Balaban J connectivity index is 1.37. The van der Waals surface area contributed by atoms with Gasteiger partial charge in [-0.25, -0.2) is 0 Å². The fraction of sp³-hybridized carbons (Fsp3) is 0.929. The second-order valence-corrected chi connectivity index (χ2v) is 12.8. The average molecular weight is 399 g/mol. The largest absolute Gasteiger partial charge is 0.381 e. The van der Waals surface area contributed by atoms with Crippen molar-refractivity contribution in [3.8, 4) is 0 Å². The zero-order valence-corrected chi connectivity index (χ0v) is 20.1. The number of methoxy groups -OCH3 is 1. The Morgan fingerprint density at radius 1 is 1.07 bits per heavy atom. The van der Waals surface area contributed by atoms with Crippen molar-refractivity contribution in [1.82, 2.24) is 0 Å². The highest BCUT2D eigenvalue weighted by atomic mass is 16.5. The standard InChI is InChI=1S/C28H46O/c1-18(2)8-7-9-19(3)22-10-11-23-21-16-25(29-6)28-17-20(28)12-15-27(28,5)24(21)13-14-26(22,23)4/h8,19-25H,7,9-17H2,1-6H3/t19-,20-,21+,22-,23+,24+,25-,26-,27-,28+/m1/s1. The molecule has 0 aliphatic heterocycles. The first-order valence-electron chi connectivity index (χ1n) is 12.9. The van der Waals surface area contributed by atoms with Crippen LogP contribution in [0.3, 0.4) is 0 Å². The van der Waals surface area contributed by atoms with Crippen LogP contribution in [0, 0.1) is 51.8 Å². The van der Waals surface area contributed by atoms with Gasteiger partial charge in [-0.15, -0.1) is 0 Å². The van der Waals surface area contributed by atoms with Crippen LogP contribution in [-0.4, -0.2) is 13.2 Å². The first-order valence-corrected chi connectivity index (χ1v) is 12.9. The van der Waals surface area contributed by atoms with Crippen LogP contribution in [0.5, 0.6) is 0 Å². The molecule has 1 nitrogen and oxygen atoms in total. The van der Waals surface area contributed by atoms with E-state index in [0.29, 0.717) is 22.3 Å². The Labute approximate surface area is 180 Å². The Kier molecular flexibility index (Phi) is 4.86. The summed E-state index contributed by atoms with van der Waals surface area (Å²) in [5.74, 6) is 5.70. The molecule has 5 aliphatic carbocycles. The molecule has 10 atom stereocenters. The molecule has 0 N–H and O–H groups in total. The minimum absolute atomic E-state index is 0.553. The zero-order chi connectivity index (χ0) is 20.6. The number of hydrogen-bond acceptors (Lipinski definition) is 1. The highest BCUT2D eigenvalue weighted by Gasteiger charge is 2.77. The summed E-state index contributed by atoms with van der Waals surface area (Å²) in [5, 5.41) is 0. The van der Waals surface area contributed by atoms with Crippen molar-refractivity contribution in [2.24, 2.45) is 51.8 Å². The zero-order valence-electron chi connectivity index (χ0n) is 20.1. The summed E-state index contributed by atoms with van der Waals surface area (Å²) in [7, 11) is 2.03. The molecule has 164 valence electrons. The van der Waals surface area contributed by atoms with Gasteiger partial charge in [-0.3, -0.25) is 0 Å². The predicted octanol–water partition coefficient (Wildman–Crippen LogP) is 7.65. The molecule has 29 heavy (non-hydrogen) atoms. The summed E-state index contributed by atoms with van der Waals surface area (Å²) >= 11 is 0. The number of fused-ring (bicyclic) bond motifs is 4. The van der Waals surface area contributed by atoms with Crippen molar-refractivity contribution in [3.05, 3.63) is 11.6 Å². The maximum atomic E-state index is 6.29. The Morgan fingerprint density at radius 2 is 1.86 bits per heavy atom. The van der Waals surface area contributed by atoms with E-state index in [9.17, 15) is 0 Å². The van der Waals surface area contributed by atoms with E-state index < -0.39 is 0 Å². The molecule has 0 aromatic heterocycles. The lowest BCUT2D eigenvalue weighted by Crippen LogP contribution is -2.57. The van der Waals surface area contributed by atoms with Crippen molar-refractivity contribution in [2.75, 3.05) is 7.11 Å². The van der Waals surface area contributed by atoms with Crippen molar-refractivity contribution >= 4 is 0 Å². The SMILES string of the molecule is CO[C@@H]1C[C@H]2[C@@H]3CC[C@H]([C@H](C)CCC=C(C)C)[C@@]3(C)CC[C@@H]2[C@@]2(C)CC[C@@H]3C[C@]312. The molecule has 5 saturated carbocycles. The van der Waals surface area contributed by atoms with Gasteiger partial charge in [0.25, 0.3) is 0 Å². The lowest BCUT2D eigenvalue weighted by molar-refractivity contribution is -0.161. The first-order chi connectivity index (χ1) is 13.8. The third-order valence-corrected chi connectivity index (χ3v) is 11.8. The third kappa shape index (κ3) is 2.68. The maximum Gasteiger partial charge on any atom is 0.0638 e. The predicted molar refractivity (Wildman–Crippen MR) is 122 cm³/mol. The molecule has 0 saturated heterocycles. The summed E-state index contributed by atoms with van der Waals surface area (Å²) in [6, 6.07) is 0. The quantitative estimate of drug-likeness (QED) is 0.432. The number of allylic oxidation sites excluding steroid dienone is 2. The fourth-order valence-electron chi connectivity index (χ4n) is 10.4. The normalized spacial score (nSPS) is 53.4. The van der Waals surface area contributed by atoms with Gasteiger partial charge >= 0.3 is 0 Å². The van der Waals surface area contributed by atoms with Gasteiger partial charge in [0, 0.05) is 12.5 Å². The van der Waals surface area contributed by atoms with Crippen molar-refractivity contribution in [2.45, 2.75) is 105 Å². The molecule has 1 heteroatoms. The van der Waals surface area contributed by atoms with Crippen molar-refractivity contribution < 1.29 is 4.74 Å². The average Bonchev–Trinajstić information content (AvgIpc) is 3.18. The molecular formula is C28H46O. The second-order valence-electron chi connectivity index (χ2n) is 12.8. The summed E-state index contributed by atoms with van der Waals surface area (Å²) in [6.07, 6.45) is 17.5. The van der Waals surface area contributed by atoms with Crippen LogP contribution in [0.1, 0.15) is 98.8 Å². The van der Waals surface area contributed by atoms with Gasteiger partial charge in [0.1, 0.15) is 0 Å². The van der Waals surface area contributed by atoms with Gasteiger partial charge in [0.2, 0.25) is 0 Å². The number of ether oxygens (including phenoxy) is 1. The van der Waals surface area contributed by atoms with Gasteiger partial charge in [-0.05, 0) is 124 Å². The van der Waals surface area contributed by atoms with Crippen molar-refractivity contribution in [1.29, 1.82) is 0 Å². The van der Waals surface area contributed by atoms with E-state index in [1.807, 2.05) is 7.11 Å². The summed E-state index contributed by atoms with van der Waals surface area (Å²) in [6.45, 7) is 12.5. The van der Waals surface area contributed by atoms with Gasteiger partial charge in [-0.1, -0.05) is 32.4 Å².